The first kappa shape index (κ1) is 23.0. The van der Waals surface area contributed by atoms with Crippen molar-refractivity contribution in [2.45, 2.75) is 19.9 Å². The van der Waals surface area contributed by atoms with Crippen molar-refractivity contribution in [3.8, 4) is 28.3 Å². The molecule has 0 aliphatic carbocycles. The molecule has 3 aromatic heterocycles. The zero-order chi connectivity index (χ0) is 24.9. The molecule has 3 heterocycles. The third kappa shape index (κ3) is 5.30. The van der Waals surface area contributed by atoms with Gasteiger partial charge in [0.25, 0.3) is 5.91 Å². The van der Waals surface area contributed by atoms with Crippen molar-refractivity contribution in [1.29, 1.82) is 0 Å². The van der Waals surface area contributed by atoms with Crippen molar-refractivity contribution >= 4 is 28.4 Å². The normalized spacial score (nSPS) is 11.0. The smallest absolute Gasteiger partial charge is 0.258 e. The fourth-order valence-corrected chi connectivity index (χ4v) is 3.71. The summed E-state index contributed by atoms with van der Waals surface area (Å²) in [4.78, 5) is 25.9. The first-order valence-corrected chi connectivity index (χ1v) is 11.6. The second-order valence-electron chi connectivity index (χ2n) is 8.50. The molecule has 3 N–H and O–H groups in total. The van der Waals surface area contributed by atoms with E-state index in [-0.39, 0.29) is 18.6 Å². The Bertz CT molecular complexity index is 1480. The summed E-state index contributed by atoms with van der Waals surface area (Å²) < 4.78 is 5.68. The third-order valence-corrected chi connectivity index (χ3v) is 5.35. The molecule has 0 atom stereocenters. The van der Waals surface area contributed by atoms with Crippen LogP contribution >= 0.6 is 0 Å². The Morgan fingerprint density at radius 1 is 1.00 bits per heavy atom. The van der Waals surface area contributed by atoms with Crippen LogP contribution in [0.1, 0.15) is 13.8 Å². The van der Waals surface area contributed by atoms with Gasteiger partial charge < -0.3 is 15.4 Å². The topological polar surface area (TPSA) is 118 Å². The number of aromatic nitrogens is 5. The number of pyridine rings is 1. The highest BCUT2D eigenvalue weighted by molar-refractivity contribution is 5.89. The fraction of sp³-hybridized carbons (Fsp3) is 0.148. The van der Waals surface area contributed by atoms with Crippen LogP contribution in [0.3, 0.4) is 0 Å². The molecule has 0 saturated heterocycles. The molecule has 0 radical (unpaired) electrons. The van der Waals surface area contributed by atoms with Crippen molar-refractivity contribution in [3.63, 3.8) is 0 Å². The van der Waals surface area contributed by atoms with Gasteiger partial charge in [-0.1, -0.05) is 24.3 Å². The lowest BCUT2D eigenvalue weighted by atomic mass is 10.1. The highest BCUT2D eigenvalue weighted by Crippen LogP contribution is 2.28. The molecule has 36 heavy (non-hydrogen) atoms. The number of fused-ring (bicyclic) bond motifs is 1. The Hall–Kier alpha value is -4.79. The van der Waals surface area contributed by atoms with Crippen LogP contribution in [-0.2, 0) is 4.79 Å². The van der Waals surface area contributed by atoms with Gasteiger partial charge in [-0.25, -0.2) is 9.97 Å². The van der Waals surface area contributed by atoms with Crippen molar-refractivity contribution in [2.24, 2.45) is 0 Å². The first-order valence-electron chi connectivity index (χ1n) is 11.6. The lowest BCUT2D eigenvalue weighted by Gasteiger charge is -2.12. The van der Waals surface area contributed by atoms with Gasteiger partial charge in [-0.15, -0.1) is 0 Å². The summed E-state index contributed by atoms with van der Waals surface area (Å²) in [5.74, 6) is 1.50. The van der Waals surface area contributed by atoms with Gasteiger partial charge >= 0.3 is 0 Å². The molecule has 180 valence electrons. The van der Waals surface area contributed by atoms with Crippen molar-refractivity contribution in [2.75, 3.05) is 11.9 Å². The first-order chi connectivity index (χ1) is 17.5. The summed E-state index contributed by atoms with van der Waals surface area (Å²) in [5.41, 5.74) is 5.08. The summed E-state index contributed by atoms with van der Waals surface area (Å²) in [7, 11) is 0. The van der Waals surface area contributed by atoms with E-state index >= 15 is 0 Å². The molecule has 5 aromatic rings. The summed E-state index contributed by atoms with van der Waals surface area (Å²) in [6.07, 6.45) is 5.35. The Morgan fingerprint density at radius 3 is 2.64 bits per heavy atom. The minimum Gasteiger partial charge on any atom is -0.484 e. The number of H-pyrrole nitrogens is 1. The largest absolute Gasteiger partial charge is 0.484 e. The van der Waals surface area contributed by atoms with Gasteiger partial charge in [0.05, 0.1) is 11.7 Å². The van der Waals surface area contributed by atoms with Crippen molar-refractivity contribution in [1.82, 2.24) is 30.5 Å². The molecule has 0 unspecified atom stereocenters. The standard InChI is InChI=1S/C27H25N7O2/c1-17(2)31-24(35)16-36-22-6-3-5-19(13-22)26-33-23-7-4-12-28-25(23)27(34-26)32-21-10-8-18(9-11-21)20-14-29-30-15-20/h3-15,17H,16H2,1-2H3,(H,29,30)(H,31,35)(H,32,33,34). The van der Waals surface area contributed by atoms with E-state index in [2.05, 4.69) is 25.8 Å². The minimum absolute atomic E-state index is 0.0554. The van der Waals surface area contributed by atoms with Gasteiger partial charge in [0.15, 0.2) is 18.2 Å². The number of carbonyl (C=O) groups excluding carboxylic acids is 1. The molecule has 0 saturated carbocycles. The summed E-state index contributed by atoms with van der Waals surface area (Å²) in [6, 6.07) is 19.2. The number of hydrogen-bond acceptors (Lipinski definition) is 7. The van der Waals surface area contributed by atoms with Crippen LogP contribution in [-0.4, -0.2) is 43.7 Å². The number of benzene rings is 2. The molecule has 0 bridgehead atoms. The quantitative estimate of drug-likeness (QED) is 0.294. The highest BCUT2D eigenvalue weighted by Gasteiger charge is 2.12. The van der Waals surface area contributed by atoms with Crippen molar-refractivity contribution in [3.05, 3.63) is 79.3 Å². The molecule has 0 aliphatic heterocycles. The average Bonchev–Trinajstić information content (AvgIpc) is 3.43. The number of rotatable bonds is 8. The van der Waals surface area contributed by atoms with Gasteiger partial charge in [-0.2, -0.15) is 5.10 Å². The zero-order valence-electron chi connectivity index (χ0n) is 19.9. The molecule has 5 rings (SSSR count). The molecular formula is C27H25N7O2. The highest BCUT2D eigenvalue weighted by atomic mass is 16.5. The monoisotopic (exact) mass is 479 g/mol. The molecule has 0 aliphatic rings. The van der Waals surface area contributed by atoms with Crippen LogP contribution < -0.4 is 15.4 Å². The van der Waals surface area contributed by atoms with Crippen molar-refractivity contribution < 1.29 is 9.53 Å². The van der Waals surface area contributed by atoms with Gasteiger partial charge in [-0.3, -0.25) is 14.9 Å². The van der Waals surface area contributed by atoms with E-state index in [1.807, 2.05) is 74.6 Å². The Morgan fingerprint density at radius 2 is 1.86 bits per heavy atom. The molecule has 0 fully saturated rings. The van der Waals surface area contributed by atoms with E-state index in [9.17, 15) is 4.79 Å². The second-order valence-corrected chi connectivity index (χ2v) is 8.50. The molecule has 0 spiro atoms. The number of nitrogens with one attached hydrogen (secondary N) is 3. The predicted molar refractivity (Wildman–Crippen MR) is 139 cm³/mol. The van der Waals surface area contributed by atoms with E-state index in [0.29, 0.717) is 28.4 Å². The van der Waals surface area contributed by atoms with E-state index in [4.69, 9.17) is 14.7 Å². The predicted octanol–water partition coefficient (Wildman–Crippen LogP) is 4.73. The molecular weight excluding hydrogens is 454 g/mol. The SMILES string of the molecule is CC(C)NC(=O)COc1cccc(-c2nc(Nc3ccc(-c4cn[nH]c4)cc3)c3ncccc3n2)c1. The van der Waals surface area contributed by atoms with E-state index < -0.39 is 0 Å². The van der Waals surface area contributed by atoms with Crippen LogP contribution in [0.15, 0.2) is 79.3 Å². The summed E-state index contributed by atoms with van der Waals surface area (Å²) in [6.45, 7) is 3.75. The lowest BCUT2D eigenvalue weighted by Crippen LogP contribution is -2.34. The Labute approximate surface area is 208 Å². The van der Waals surface area contributed by atoms with E-state index in [1.165, 1.54) is 0 Å². The van der Waals surface area contributed by atoms with Gasteiger partial charge in [0.2, 0.25) is 0 Å². The van der Waals surface area contributed by atoms with Gasteiger partial charge in [0, 0.05) is 35.2 Å². The molecule has 1 amide bonds. The molecule has 9 nitrogen and oxygen atoms in total. The van der Waals surface area contributed by atoms with Crippen LogP contribution in [0.2, 0.25) is 0 Å². The average molecular weight is 480 g/mol. The summed E-state index contributed by atoms with van der Waals surface area (Å²) >= 11 is 0. The third-order valence-electron chi connectivity index (χ3n) is 5.35. The maximum atomic E-state index is 12.0. The maximum absolute atomic E-state index is 12.0. The number of carbonyl (C=O) groups is 1. The van der Waals surface area contributed by atoms with Gasteiger partial charge in [-0.05, 0) is 55.8 Å². The maximum Gasteiger partial charge on any atom is 0.258 e. The zero-order valence-corrected chi connectivity index (χ0v) is 19.9. The Kier molecular flexibility index (Phi) is 6.53. The van der Waals surface area contributed by atoms with Crippen LogP contribution in [0.4, 0.5) is 11.5 Å². The van der Waals surface area contributed by atoms with E-state index in [0.717, 1.165) is 22.4 Å². The number of anilines is 2. The number of hydrogen-bond donors (Lipinski definition) is 3. The number of amides is 1. The number of aromatic amines is 1. The minimum atomic E-state index is -0.172. The Balaban J connectivity index is 1.42. The van der Waals surface area contributed by atoms with E-state index in [1.54, 1.807) is 18.5 Å². The van der Waals surface area contributed by atoms with Gasteiger partial charge in [0.1, 0.15) is 11.3 Å². The fourth-order valence-electron chi connectivity index (χ4n) is 3.71. The number of nitrogens with zero attached hydrogens (tertiary/aromatic N) is 4. The van der Waals surface area contributed by atoms with Crippen LogP contribution in [0.5, 0.6) is 5.75 Å². The molecule has 9 heteroatoms. The van der Waals surface area contributed by atoms with Crippen LogP contribution in [0, 0.1) is 0 Å². The van der Waals surface area contributed by atoms with Crippen LogP contribution in [0.25, 0.3) is 33.5 Å². The molecule has 2 aromatic carbocycles. The second kappa shape index (κ2) is 10.2. The number of ether oxygens (including phenoxy) is 1. The summed E-state index contributed by atoms with van der Waals surface area (Å²) in [5, 5.41) is 13.0. The lowest BCUT2D eigenvalue weighted by molar-refractivity contribution is -0.123.